The van der Waals surface area contributed by atoms with E-state index in [4.69, 9.17) is 5.11 Å². The van der Waals surface area contributed by atoms with Gasteiger partial charge in [-0.25, -0.2) is 4.79 Å². The summed E-state index contributed by atoms with van der Waals surface area (Å²) in [6, 6.07) is -1.15. The Hall–Kier alpha value is -1.10. The van der Waals surface area contributed by atoms with Gasteiger partial charge in [0, 0.05) is 6.54 Å². The van der Waals surface area contributed by atoms with Crippen molar-refractivity contribution in [2.24, 2.45) is 5.92 Å². The number of carboxylic acids is 1. The number of hydrogen-bond donors (Lipinski definition) is 3. The quantitative estimate of drug-likeness (QED) is 0.522. The number of aliphatic carboxylic acids is 1. The summed E-state index contributed by atoms with van der Waals surface area (Å²) in [5.41, 5.74) is 0. The summed E-state index contributed by atoms with van der Waals surface area (Å²) >= 11 is 0. The third-order valence-corrected chi connectivity index (χ3v) is 1.82. The van der Waals surface area contributed by atoms with Crippen molar-refractivity contribution in [2.45, 2.75) is 26.3 Å². The number of carbonyl (C=O) groups is 2. The largest absolute Gasteiger partial charge is 0.480 e. The highest BCUT2D eigenvalue weighted by Gasteiger charge is 2.23. The van der Waals surface area contributed by atoms with Gasteiger partial charge in [-0.1, -0.05) is 13.8 Å². The van der Waals surface area contributed by atoms with Gasteiger partial charge in [-0.3, -0.25) is 10.1 Å². The van der Waals surface area contributed by atoms with Crippen LogP contribution in [0.2, 0.25) is 0 Å². The first-order valence-electron chi connectivity index (χ1n) is 4.66. The molecule has 5 nitrogen and oxygen atoms in total. The van der Waals surface area contributed by atoms with E-state index in [2.05, 4.69) is 10.6 Å². The van der Waals surface area contributed by atoms with Crippen molar-refractivity contribution >= 4 is 11.9 Å². The summed E-state index contributed by atoms with van der Waals surface area (Å²) in [6.45, 7) is 4.60. The topological polar surface area (TPSA) is 78.4 Å². The normalized spacial score (nSPS) is 12.6. The zero-order chi connectivity index (χ0) is 11.1. The Balaban J connectivity index is 3.87. The van der Waals surface area contributed by atoms with E-state index in [0.29, 0.717) is 12.5 Å². The van der Waals surface area contributed by atoms with Crippen LogP contribution in [0.5, 0.6) is 0 Å². The van der Waals surface area contributed by atoms with E-state index in [9.17, 15) is 9.59 Å². The molecular formula is C9H18N2O3. The SMILES string of the molecule is CNC(C(=O)O)C(=O)NCCC(C)C. The van der Waals surface area contributed by atoms with Crippen molar-refractivity contribution in [1.29, 1.82) is 0 Å². The number of rotatable bonds is 6. The average Bonchev–Trinajstić information content (AvgIpc) is 2.03. The van der Waals surface area contributed by atoms with E-state index < -0.39 is 17.9 Å². The van der Waals surface area contributed by atoms with Crippen molar-refractivity contribution < 1.29 is 14.7 Å². The molecule has 1 unspecified atom stereocenters. The second kappa shape index (κ2) is 6.37. The predicted octanol–water partition coefficient (Wildman–Crippen LogP) is -0.179. The van der Waals surface area contributed by atoms with E-state index in [0.717, 1.165) is 6.42 Å². The van der Waals surface area contributed by atoms with Crippen LogP contribution in [0.1, 0.15) is 20.3 Å². The minimum absolute atomic E-state index is 0.486. The first-order chi connectivity index (χ1) is 6.49. The zero-order valence-corrected chi connectivity index (χ0v) is 8.83. The molecule has 0 rings (SSSR count). The summed E-state index contributed by atoms with van der Waals surface area (Å²) in [5, 5.41) is 13.6. The molecule has 14 heavy (non-hydrogen) atoms. The summed E-state index contributed by atoms with van der Waals surface area (Å²) in [7, 11) is 1.45. The molecule has 0 saturated heterocycles. The van der Waals surface area contributed by atoms with E-state index in [1.54, 1.807) is 0 Å². The van der Waals surface area contributed by atoms with Crippen LogP contribution in [0, 0.1) is 5.92 Å². The van der Waals surface area contributed by atoms with Gasteiger partial charge >= 0.3 is 5.97 Å². The van der Waals surface area contributed by atoms with Crippen LogP contribution < -0.4 is 10.6 Å². The maximum Gasteiger partial charge on any atom is 0.330 e. The molecule has 1 amide bonds. The molecule has 0 saturated carbocycles. The van der Waals surface area contributed by atoms with Crippen LogP contribution in [0.4, 0.5) is 0 Å². The van der Waals surface area contributed by atoms with Gasteiger partial charge in [-0.2, -0.15) is 0 Å². The summed E-state index contributed by atoms with van der Waals surface area (Å²) < 4.78 is 0. The maximum absolute atomic E-state index is 11.2. The molecule has 0 bridgehead atoms. The standard InChI is InChI=1S/C9H18N2O3/c1-6(2)4-5-11-8(12)7(10-3)9(13)14/h6-7,10H,4-5H2,1-3H3,(H,11,12)(H,13,14). The van der Waals surface area contributed by atoms with Crippen molar-refractivity contribution in [2.75, 3.05) is 13.6 Å². The van der Waals surface area contributed by atoms with Gasteiger partial charge < -0.3 is 10.4 Å². The Morgan fingerprint density at radius 3 is 2.29 bits per heavy atom. The Bertz CT molecular complexity index is 204. The lowest BCUT2D eigenvalue weighted by Crippen LogP contribution is -2.48. The lowest BCUT2D eigenvalue weighted by molar-refractivity contribution is -0.143. The summed E-state index contributed by atoms with van der Waals surface area (Å²) in [6.07, 6.45) is 0.849. The molecule has 0 radical (unpaired) electrons. The molecule has 0 aliphatic rings. The second-order valence-electron chi connectivity index (χ2n) is 3.53. The Morgan fingerprint density at radius 2 is 1.93 bits per heavy atom. The molecule has 0 aromatic heterocycles. The Labute approximate surface area is 83.9 Å². The number of amides is 1. The highest BCUT2D eigenvalue weighted by atomic mass is 16.4. The highest BCUT2D eigenvalue weighted by molar-refractivity contribution is 6.01. The number of hydrogen-bond acceptors (Lipinski definition) is 3. The van der Waals surface area contributed by atoms with Crippen LogP contribution >= 0.6 is 0 Å². The van der Waals surface area contributed by atoms with Crippen molar-refractivity contribution in [3.63, 3.8) is 0 Å². The molecule has 0 aliphatic carbocycles. The fraction of sp³-hybridized carbons (Fsp3) is 0.778. The molecule has 0 aromatic carbocycles. The average molecular weight is 202 g/mol. The van der Waals surface area contributed by atoms with Gasteiger partial charge in [0.15, 0.2) is 6.04 Å². The van der Waals surface area contributed by atoms with Gasteiger partial charge in [0.25, 0.3) is 0 Å². The van der Waals surface area contributed by atoms with Crippen molar-refractivity contribution in [3.8, 4) is 0 Å². The van der Waals surface area contributed by atoms with Gasteiger partial charge in [-0.05, 0) is 19.4 Å². The van der Waals surface area contributed by atoms with E-state index in [1.165, 1.54) is 7.05 Å². The molecule has 5 heteroatoms. The van der Waals surface area contributed by atoms with Crippen LogP contribution in [-0.4, -0.2) is 36.6 Å². The van der Waals surface area contributed by atoms with Crippen LogP contribution in [0.15, 0.2) is 0 Å². The first kappa shape index (κ1) is 12.9. The van der Waals surface area contributed by atoms with E-state index >= 15 is 0 Å². The number of nitrogens with one attached hydrogen (secondary N) is 2. The van der Waals surface area contributed by atoms with Crippen molar-refractivity contribution in [1.82, 2.24) is 10.6 Å². The lowest BCUT2D eigenvalue weighted by Gasteiger charge is -2.12. The fourth-order valence-electron chi connectivity index (χ4n) is 0.953. The van der Waals surface area contributed by atoms with Crippen LogP contribution in [0.25, 0.3) is 0 Å². The maximum atomic E-state index is 11.2. The zero-order valence-electron chi connectivity index (χ0n) is 8.83. The molecule has 0 heterocycles. The molecule has 82 valence electrons. The van der Waals surface area contributed by atoms with E-state index in [1.807, 2.05) is 13.8 Å². The minimum Gasteiger partial charge on any atom is -0.480 e. The molecule has 0 fully saturated rings. The minimum atomic E-state index is -1.16. The number of carboxylic acid groups (broad SMARTS) is 1. The molecule has 0 aliphatic heterocycles. The summed E-state index contributed by atoms with van der Waals surface area (Å²) in [4.78, 5) is 21.8. The van der Waals surface area contributed by atoms with Gasteiger partial charge in [0.2, 0.25) is 5.91 Å². The third kappa shape index (κ3) is 4.81. The van der Waals surface area contributed by atoms with Crippen molar-refractivity contribution in [3.05, 3.63) is 0 Å². The molecule has 3 N–H and O–H groups in total. The fourth-order valence-corrected chi connectivity index (χ4v) is 0.953. The summed E-state index contributed by atoms with van der Waals surface area (Å²) in [5.74, 6) is -1.15. The predicted molar refractivity (Wildman–Crippen MR) is 52.9 cm³/mol. The van der Waals surface area contributed by atoms with Gasteiger partial charge in [0.05, 0.1) is 0 Å². The third-order valence-electron chi connectivity index (χ3n) is 1.82. The second-order valence-corrected chi connectivity index (χ2v) is 3.53. The Kier molecular flexibility index (Phi) is 5.87. The van der Waals surface area contributed by atoms with Crippen LogP contribution in [-0.2, 0) is 9.59 Å². The number of carbonyl (C=O) groups excluding carboxylic acids is 1. The number of likely N-dealkylation sites (N-methyl/N-ethyl adjacent to an activating group) is 1. The molecule has 0 aromatic rings. The molecule has 1 atom stereocenters. The van der Waals surface area contributed by atoms with Crippen LogP contribution in [0.3, 0.4) is 0 Å². The van der Waals surface area contributed by atoms with E-state index in [-0.39, 0.29) is 0 Å². The highest BCUT2D eigenvalue weighted by Crippen LogP contribution is 1.96. The monoisotopic (exact) mass is 202 g/mol. The van der Waals surface area contributed by atoms with Gasteiger partial charge in [0.1, 0.15) is 0 Å². The van der Waals surface area contributed by atoms with Gasteiger partial charge in [-0.15, -0.1) is 0 Å². The smallest absolute Gasteiger partial charge is 0.330 e. The lowest BCUT2D eigenvalue weighted by atomic mass is 10.1. The molecule has 0 spiro atoms. The first-order valence-corrected chi connectivity index (χ1v) is 4.66. The Morgan fingerprint density at radius 1 is 1.36 bits per heavy atom. The molecular weight excluding hydrogens is 184 g/mol.